The number of nitrogens with zero attached hydrogens (tertiary/aromatic N) is 2. The first-order valence-corrected chi connectivity index (χ1v) is 5.66. The number of aromatic nitrogens is 2. The number of rotatable bonds is 4. The molecule has 1 aromatic heterocycles. The molecule has 0 radical (unpaired) electrons. The van der Waals surface area contributed by atoms with Gasteiger partial charge in [-0.1, -0.05) is 0 Å². The van der Waals surface area contributed by atoms with Crippen LogP contribution in [0.2, 0.25) is 0 Å². The Hall–Kier alpha value is -2.71. The fourth-order valence-corrected chi connectivity index (χ4v) is 1.52. The van der Waals surface area contributed by atoms with Crippen LogP contribution in [0.15, 0.2) is 30.6 Å². The number of nitrogen functional groups attached to an aromatic ring is 1. The fraction of sp³-hybridized carbons (Fsp3) is 0.167. The molecule has 0 saturated heterocycles. The monoisotopic (exact) mass is 300 g/mol. The molecule has 3 N–H and O–H groups in total. The number of halogens is 3. The van der Waals surface area contributed by atoms with Gasteiger partial charge in [0.1, 0.15) is 17.8 Å². The number of nitrogens with two attached hydrogens (primary N) is 1. The molecule has 0 amide bonds. The number of hydrogen-bond donors (Lipinski definition) is 2. The van der Waals surface area contributed by atoms with E-state index in [2.05, 4.69) is 20.0 Å². The predicted molar refractivity (Wildman–Crippen MR) is 69.4 cm³/mol. The molecule has 2 rings (SSSR count). The minimum Gasteiger partial charge on any atom is -0.479 e. The van der Waals surface area contributed by atoms with Crippen molar-refractivity contribution in [3.05, 3.63) is 30.6 Å². The van der Waals surface area contributed by atoms with E-state index in [1.165, 1.54) is 37.7 Å². The molecule has 0 aliphatic rings. The van der Waals surface area contributed by atoms with Crippen molar-refractivity contribution < 1.29 is 22.6 Å². The van der Waals surface area contributed by atoms with Gasteiger partial charge in [-0.3, -0.25) is 0 Å². The van der Waals surface area contributed by atoms with Gasteiger partial charge in [0.05, 0.1) is 7.11 Å². The summed E-state index contributed by atoms with van der Waals surface area (Å²) in [6.07, 6.45) is -3.47. The lowest BCUT2D eigenvalue weighted by Gasteiger charge is -2.11. The van der Waals surface area contributed by atoms with E-state index in [9.17, 15) is 13.2 Å². The molecule has 6 nitrogen and oxygen atoms in total. The van der Waals surface area contributed by atoms with Gasteiger partial charge >= 0.3 is 6.36 Å². The molecule has 21 heavy (non-hydrogen) atoms. The number of nitrogens with one attached hydrogen (secondary N) is 1. The van der Waals surface area contributed by atoms with Gasteiger partial charge in [-0.15, -0.1) is 13.2 Å². The zero-order chi connectivity index (χ0) is 15.5. The molecule has 112 valence electrons. The van der Waals surface area contributed by atoms with Crippen LogP contribution in [-0.4, -0.2) is 23.4 Å². The molecule has 1 heterocycles. The van der Waals surface area contributed by atoms with Gasteiger partial charge in [-0.25, -0.2) is 4.98 Å². The number of methoxy groups -OCH3 is 1. The molecular formula is C12H11F3N4O2. The number of ether oxygens (including phenoxy) is 2. The van der Waals surface area contributed by atoms with Crippen molar-refractivity contribution in [1.29, 1.82) is 0 Å². The Bertz CT molecular complexity index is 617. The quantitative estimate of drug-likeness (QED) is 0.903. The third-order valence-electron chi connectivity index (χ3n) is 2.39. The Morgan fingerprint density at radius 1 is 1.14 bits per heavy atom. The van der Waals surface area contributed by atoms with Gasteiger partial charge in [0.2, 0.25) is 5.88 Å². The van der Waals surface area contributed by atoms with Gasteiger partial charge in [-0.2, -0.15) is 4.98 Å². The lowest BCUT2D eigenvalue weighted by Crippen LogP contribution is -2.17. The molecule has 1 aromatic carbocycles. The van der Waals surface area contributed by atoms with E-state index in [1.54, 1.807) is 0 Å². The van der Waals surface area contributed by atoms with Crippen molar-refractivity contribution in [3.63, 3.8) is 0 Å². The van der Waals surface area contributed by atoms with E-state index >= 15 is 0 Å². The molecule has 9 heteroatoms. The summed E-state index contributed by atoms with van der Waals surface area (Å²) in [5.74, 6) is 0.164. The van der Waals surface area contributed by atoms with Crippen molar-refractivity contribution in [2.45, 2.75) is 6.36 Å². The van der Waals surface area contributed by atoms with E-state index < -0.39 is 6.36 Å². The summed E-state index contributed by atoms with van der Waals surface area (Å²) < 4.78 is 44.8. The number of hydrogen-bond acceptors (Lipinski definition) is 6. The van der Waals surface area contributed by atoms with Crippen LogP contribution in [0.25, 0.3) is 0 Å². The van der Waals surface area contributed by atoms with Crippen molar-refractivity contribution in [2.75, 3.05) is 18.2 Å². The Morgan fingerprint density at radius 2 is 1.81 bits per heavy atom. The van der Waals surface area contributed by atoms with Gasteiger partial charge in [-0.05, 0) is 24.3 Å². The van der Waals surface area contributed by atoms with Crippen molar-refractivity contribution >= 4 is 17.2 Å². The fourth-order valence-electron chi connectivity index (χ4n) is 1.52. The molecule has 0 unspecified atom stereocenters. The Balaban J connectivity index is 2.14. The van der Waals surface area contributed by atoms with Crippen molar-refractivity contribution in [2.24, 2.45) is 0 Å². The minimum absolute atomic E-state index is 0.190. The van der Waals surface area contributed by atoms with Crippen LogP contribution in [0.3, 0.4) is 0 Å². The largest absolute Gasteiger partial charge is 0.573 e. The third kappa shape index (κ3) is 3.88. The smallest absolute Gasteiger partial charge is 0.479 e. The summed E-state index contributed by atoms with van der Waals surface area (Å²) in [7, 11) is 1.41. The second-order valence-electron chi connectivity index (χ2n) is 3.84. The molecule has 0 spiro atoms. The average molecular weight is 300 g/mol. The Labute approximate surface area is 117 Å². The maximum atomic E-state index is 12.0. The van der Waals surface area contributed by atoms with Crippen LogP contribution >= 0.6 is 0 Å². The summed E-state index contributed by atoms with van der Waals surface area (Å²) >= 11 is 0. The van der Waals surface area contributed by atoms with Crippen LogP contribution in [-0.2, 0) is 0 Å². The van der Waals surface area contributed by atoms with E-state index in [0.717, 1.165) is 0 Å². The second-order valence-corrected chi connectivity index (χ2v) is 3.84. The maximum absolute atomic E-state index is 12.0. The van der Waals surface area contributed by atoms with E-state index in [4.69, 9.17) is 10.5 Å². The molecular weight excluding hydrogens is 289 g/mol. The number of anilines is 3. The van der Waals surface area contributed by atoms with Gasteiger partial charge in [0, 0.05) is 5.69 Å². The standard InChI is InChI=1S/C12H11F3N4O2/c1-20-11-9(16)10(17-6-18-11)19-7-2-4-8(5-3-7)21-12(13,14)15/h2-6H,16H2,1H3,(H,17,18,19). The summed E-state index contributed by atoms with van der Waals surface area (Å²) in [4.78, 5) is 7.74. The van der Waals surface area contributed by atoms with E-state index in [-0.39, 0.29) is 23.1 Å². The van der Waals surface area contributed by atoms with Crippen LogP contribution in [0, 0.1) is 0 Å². The summed E-state index contributed by atoms with van der Waals surface area (Å²) in [6, 6.07) is 5.14. The zero-order valence-corrected chi connectivity index (χ0v) is 10.8. The van der Waals surface area contributed by atoms with Gasteiger partial charge in [0.15, 0.2) is 5.82 Å². The maximum Gasteiger partial charge on any atom is 0.573 e. The highest BCUT2D eigenvalue weighted by molar-refractivity contribution is 5.72. The van der Waals surface area contributed by atoms with Crippen LogP contribution < -0.4 is 20.5 Å². The SMILES string of the molecule is COc1ncnc(Nc2ccc(OC(F)(F)F)cc2)c1N. The lowest BCUT2D eigenvalue weighted by molar-refractivity contribution is -0.274. The van der Waals surface area contributed by atoms with E-state index in [1.807, 2.05) is 0 Å². The highest BCUT2D eigenvalue weighted by Crippen LogP contribution is 2.28. The second kappa shape index (κ2) is 5.73. The number of alkyl halides is 3. The van der Waals surface area contributed by atoms with Crippen molar-refractivity contribution in [1.82, 2.24) is 9.97 Å². The Kier molecular flexibility index (Phi) is 4.01. The summed E-state index contributed by atoms with van der Waals surface area (Å²) in [5, 5.41) is 2.84. The van der Waals surface area contributed by atoms with Gasteiger partial charge in [0.25, 0.3) is 0 Å². The normalized spacial score (nSPS) is 11.0. The first kappa shape index (κ1) is 14.7. The lowest BCUT2D eigenvalue weighted by atomic mass is 10.3. The van der Waals surface area contributed by atoms with Crippen LogP contribution in [0.4, 0.5) is 30.4 Å². The molecule has 0 aliphatic carbocycles. The average Bonchev–Trinajstić information content (AvgIpc) is 2.42. The topological polar surface area (TPSA) is 82.3 Å². The first-order chi connectivity index (χ1) is 9.89. The molecule has 0 saturated carbocycles. The highest BCUT2D eigenvalue weighted by atomic mass is 19.4. The number of benzene rings is 1. The Morgan fingerprint density at radius 3 is 2.38 bits per heavy atom. The summed E-state index contributed by atoms with van der Waals surface area (Å²) in [6.45, 7) is 0. The molecule has 2 aromatic rings. The molecule has 0 atom stereocenters. The predicted octanol–water partition coefficient (Wildman–Crippen LogP) is 2.71. The zero-order valence-electron chi connectivity index (χ0n) is 10.8. The first-order valence-electron chi connectivity index (χ1n) is 5.66. The molecule has 0 aliphatic heterocycles. The van der Waals surface area contributed by atoms with Crippen LogP contribution in [0.5, 0.6) is 11.6 Å². The van der Waals surface area contributed by atoms with E-state index in [0.29, 0.717) is 5.69 Å². The molecule has 0 fully saturated rings. The summed E-state index contributed by atoms with van der Waals surface area (Å²) in [5.41, 5.74) is 6.44. The highest BCUT2D eigenvalue weighted by Gasteiger charge is 2.30. The third-order valence-corrected chi connectivity index (χ3v) is 2.39. The van der Waals surface area contributed by atoms with Crippen molar-refractivity contribution in [3.8, 4) is 11.6 Å². The van der Waals surface area contributed by atoms with Gasteiger partial charge < -0.3 is 20.5 Å². The molecule has 0 bridgehead atoms. The minimum atomic E-state index is -4.72. The van der Waals surface area contributed by atoms with Crippen LogP contribution in [0.1, 0.15) is 0 Å².